The Balaban J connectivity index is 1.97. The van der Waals surface area contributed by atoms with Gasteiger partial charge >= 0.3 is 0 Å². The lowest BCUT2D eigenvalue weighted by Crippen LogP contribution is -2.24. The SMILES string of the molecule is Cc1ccc(CN[C@@H](CO)c2ccccc2)nc1. The van der Waals surface area contributed by atoms with Crippen LogP contribution >= 0.6 is 0 Å². The first-order chi connectivity index (χ1) is 8.79. The summed E-state index contributed by atoms with van der Waals surface area (Å²) in [5.41, 5.74) is 3.22. The molecule has 0 aliphatic carbocycles. The van der Waals surface area contributed by atoms with E-state index < -0.39 is 0 Å². The van der Waals surface area contributed by atoms with Crippen molar-refractivity contribution in [2.75, 3.05) is 6.61 Å². The maximum Gasteiger partial charge on any atom is 0.0626 e. The van der Waals surface area contributed by atoms with Crippen molar-refractivity contribution >= 4 is 0 Å². The van der Waals surface area contributed by atoms with Gasteiger partial charge in [-0.25, -0.2) is 0 Å². The van der Waals surface area contributed by atoms with Crippen LogP contribution in [0.1, 0.15) is 22.9 Å². The summed E-state index contributed by atoms with van der Waals surface area (Å²) >= 11 is 0. The van der Waals surface area contributed by atoms with Gasteiger partial charge in [0.05, 0.1) is 18.3 Å². The minimum atomic E-state index is -0.0469. The van der Waals surface area contributed by atoms with E-state index in [9.17, 15) is 5.11 Å². The molecular weight excluding hydrogens is 224 g/mol. The molecule has 0 aliphatic rings. The Labute approximate surface area is 108 Å². The fraction of sp³-hybridized carbons (Fsp3) is 0.267. The Bertz CT molecular complexity index is 468. The molecule has 2 aromatic rings. The predicted molar refractivity (Wildman–Crippen MR) is 72.1 cm³/mol. The zero-order valence-corrected chi connectivity index (χ0v) is 10.5. The molecule has 0 bridgehead atoms. The summed E-state index contributed by atoms with van der Waals surface area (Å²) in [6.07, 6.45) is 1.85. The summed E-state index contributed by atoms with van der Waals surface area (Å²) in [4.78, 5) is 4.33. The molecule has 0 unspecified atom stereocenters. The molecule has 1 aromatic carbocycles. The summed E-state index contributed by atoms with van der Waals surface area (Å²) in [6.45, 7) is 2.75. The van der Waals surface area contributed by atoms with Gasteiger partial charge in [0.2, 0.25) is 0 Å². The van der Waals surface area contributed by atoms with Gasteiger partial charge in [-0.15, -0.1) is 0 Å². The highest BCUT2D eigenvalue weighted by Gasteiger charge is 2.08. The topological polar surface area (TPSA) is 45.1 Å². The molecule has 0 saturated heterocycles. The van der Waals surface area contributed by atoms with Crippen LogP contribution in [0.5, 0.6) is 0 Å². The molecule has 0 aliphatic heterocycles. The number of aromatic nitrogens is 1. The van der Waals surface area contributed by atoms with Crippen molar-refractivity contribution in [2.45, 2.75) is 19.5 Å². The van der Waals surface area contributed by atoms with Crippen LogP contribution in [0.25, 0.3) is 0 Å². The van der Waals surface area contributed by atoms with Gasteiger partial charge in [0.25, 0.3) is 0 Å². The molecule has 2 rings (SSSR count). The highest BCUT2D eigenvalue weighted by Crippen LogP contribution is 2.12. The normalized spacial score (nSPS) is 12.3. The quantitative estimate of drug-likeness (QED) is 0.845. The molecule has 1 heterocycles. The molecule has 1 atom stereocenters. The van der Waals surface area contributed by atoms with Crippen molar-refractivity contribution in [1.82, 2.24) is 10.3 Å². The number of hydrogen-bond acceptors (Lipinski definition) is 3. The molecule has 3 nitrogen and oxygen atoms in total. The van der Waals surface area contributed by atoms with Crippen molar-refractivity contribution in [1.29, 1.82) is 0 Å². The molecule has 18 heavy (non-hydrogen) atoms. The third-order valence-electron chi connectivity index (χ3n) is 2.89. The van der Waals surface area contributed by atoms with Crippen LogP contribution in [0.3, 0.4) is 0 Å². The highest BCUT2D eigenvalue weighted by atomic mass is 16.3. The third kappa shape index (κ3) is 3.39. The molecule has 0 fully saturated rings. The number of hydrogen-bond donors (Lipinski definition) is 2. The van der Waals surface area contributed by atoms with E-state index in [0.29, 0.717) is 6.54 Å². The van der Waals surface area contributed by atoms with Crippen LogP contribution in [-0.4, -0.2) is 16.7 Å². The van der Waals surface area contributed by atoms with Gasteiger partial charge in [-0.2, -0.15) is 0 Å². The van der Waals surface area contributed by atoms with E-state index in [1.807, 2.05) is 55.6 Å². The maximum absolute atomic E-state index is 9.42. The molecule has 0 amide bonds. The Morgan fingerprint density at radius 1 is 1.17 bits per heavy atom. The average molecular weight is 242 g/mol. The zero-order valence-electron chi connectivity index (χ0n) is 10.5. The molecule has 1 aromatic heterocycles. The van der Waals surface area contributed by atoms with Gasteiger partial charge < -0.3 is 10.4 Å². The summed E-state index contributed by atoms with van der Waals surface area (Å²) in [5.74, 6) is 0. The lowest BCUT2D eigenvalue weighted by atomic mass is 10.1. The minimum Gasteiger partial charge on any atom is -0.394 e. The molecular formula is C15H18N2O. The number of nitrogens with one attached hydrogen (secondary N) is 1. The number of nitrogens with zero attached hydrogens (tertiary/aromatic N) is 1. The van der Waals surface area contributed by atoms with Crippen molar-refractivity contribution in [3.05, 3.63) is 65.5 Å². The van der Waals surface area contributed by atoms with E-state index in [1.165, 1.54) is 0 Å². The number of aryl methyl sites for hydroxylation is 1. The first kappa shape index (κ1) is 12.7. The molecule has 2 N–H and O–H groups in total. The predicted octanol–water partition coefficient (Wildman–Crippen LogP) is 2.21. The number of aliphatic hydroxyl groups excluding tert-OH is 1. The van der Waals surface area contributed by atoms with Gasteiger partial charge in [0.15, 0.2) is 0 Å². The maximum atomic E-state index is 9.42. The molecule has 0 radical (unpaired) electrons. The molecule has 3 heteroatoms. The van der Waals surface area contributed by atoms with E-state index in [-0.39, 0.29) is 12.6 Å². The van der Waals surface area contributed by atoms with Crippen LogP contribution in [0, 0.1) is 6.92 Å². The molecule has 0 saturated carbocycles. The highest BCUT2D eigenvalue weighted by molar-refractivity contribution is 5.19. The van der Waals surface area contributed by atoms with Crippen LogP contribution in [0.4, 0.5) is 0 Å². The van der Waals surface area contributed by atoms with Gasteiger partial charge in [-0.05, 0) is 24.1 Å². The standard InChI is InChI=1S/C15H18N2O/c1-12-7-8-14(16-9-12)10-17-15(11-18)13-5-3-2-4-6-13/h2-9,15,17-18H,10-11H2,1H3/t15-/m0/s1. The van der Waals surface area contributed by atoms with Crippen LogP contribution < -0.4 is 5.32 Å². The lowest BCUT2D eigenvalue weighted by molar-refractivity contribution is 0.243. The fourth-order valence-electron chi connectivity index (χ4n) is 1.80. The van der Waals surface area contributed by atoms with Gasteiger partial charge in [-0.1, -0.05) is 36.4 Å². The van der Waals surface area contributed by atoms with E-state index in [0.717, 1.165) is 16.8 Å². The van der Waals surface area contributed by atoms with Crippen molar-refractivity contribution in [2.24, 2.45) is 0 Å². The van der Waals surface area contributed by atoms with Crippen molar-refractivity contribution in [3.8, 4) is 0 Å². The first-order valence-electron chi connectivity index (χ1n) is 6.10. The minimum absolute atomic E-state index is 0.0469. The van der Waals surface area contributed by atoms with E-state index in [1.54, 1.807) is 0 Å². The van der Waals surface area contributed by atoms with Gasteiger partial charge in [-0.3, -0.25) is 4.98 Å². The first-order valence-corrected chi connectivity index (χ1v) is 6.10. The third-order valence-corrected chi connectivity index (χ3v) is 2.89. The number of pyridine rings is 1. The summed E-state index contributed by atoms with van der Waals surface area (Å²) in [6, 6.07) is 13.9. The smallest absolute Gasteiger partial charge is 0.0626 e. The van der Waals surface area contributed by atoms with E-state index in [2.05, 4.69) is 10.3 Å². The van der Waals surface area contributed by atoms with Crippen LogP contribution in [0.2, 0.25) is 0 Å². The Kier molecular flexibility index (Phi) is 4.45. The molecule has 94 valence electrons. The second-order valence-corrected chi connectivity index (χ2v) is 4.35. The number of benzene rings is 1. The summed E-state index contributed by atoms with van der Waals surface area (Å²) in [5, 5.41) is 12.7. The average Bonchev–Trinajstić information content (AvgIpc) is 2.43. The number of rotatable bonds is 5. The van der Waals surface area contributed by atoms with Crippen molar-refractivity contribution in [3.63, 3.8) is 0 Å². The summed E-state index contributed by atoms with van der Waals surface area (Å²) in [7, 11) is 0. The van der Waals surface area contributed by atoms with Crippen LogP contribution in [0.15, 0.2) is 48.7 Å². The second kappa shape index (κ2) is 6.28. The number of aliphatic hydroxyl groups is 1. The fourth-order valence-corrected chi connectivity index (χ4v) is 1.80. The Morgan fingerprint density at radius 2 is 1.94 bits per heavy atom. The molecule has 0 spiro atoms. The monoisotopic (exact) mass is 242 g/mol. The van der Waals surface area contributed by atoms with Crippen LogP contribution in [-0.2, 0) is 6.54 Å². The van der Waals surface area contributed by atoms with E-state index in [4.69, 9.17) is 0 Å². The Hall–Kier alpha value is -1.71. The van der Waals surface area contributed by atoms with Gasteiger partial charge in [0, 0.05) is 12.7 Å². The zero-order chi connectivity index (χ0) is 12.8. The summed E-state index contributed by atoms with van der Waals surface area (Å²) < 4.78 is 0. The van der Waals surface area contributed by atoms with Crippen molar-refractivity contribution < 1.29 is 5.11 Å². The second-order valence-electron chi connectivity index (χ2n) is 4.35. The lowest BCUT2D eigenvalue weighted by Gasteiger charge is -2.16. The largest absolute Gasteiger partial charge is 0.394 e. The van der Waals surface area contributed by atoms with E-state index >= 15 is 0 Å². The van der Waals surface area contributed by atoms with Gasteiger partial charge in [0.1, 0.15) is 0 Å². The Morgan fingerprint density at radius 3 is 2.56 bits per heavy atom.